The Morgan fingerprint density at radius 3 is 2.30 bits per heavy atom. The number of hydrogen-bond acceptors (Lipinski definition) is 1. The van der Waals surface area contributed by atoms with E-state index in [1.807, 2.05) is 6.92 Å². The molecule has 0 spiro atoms. The second-order valence-electron chi connectivity index (χ2n) is 4.82. The lowest BCUT2D eigenvalue weighted by molar-refractivity contribution is -0.225. The van der Waals surface area contributed by atoms with Gasteiger partial charge in [-0.2, -0.15) is 13.2 Å². The van der Waals surface area contributed by atoms with Crippen LogP contribution in [0.5, 0.6) is 0 Å². The Balaban J connectivity index is 2.46. The Hall–Kier alpha value is -0.550. The maximum Gasteiger partial charge on any atom is 0.414 e. The first-order valence-electron chi connectivity index (χ1n) is 6.86. The first kappa shape index (κ1) is 17.5. The van der Waals surface area contributed by atoms with Gasteiger partial charge in [0.15, 0.2) is 6.10 Å². The standard InChI is InChI=1S/C15H20BrF3O/c1-2-3-4-5-6-14(15(17,18)19)20-11-12-7-9-13(16)10-8-12/h7-10,14H,2-6,11H2,1H3/t14-/m0/s1. The minimum Gasteiger partial charge on any atom is -0.364 e. The van der Waals surface area contributed by atoms with E-state index in [0.29, 0.717) is 6.42 Å². The summed E-state index contributed by atoms with van der Waals surface area (Å²) in [6, 6.07) is 7.11. The lowest BCUT2D eigenvalue weighted by Gasteiger charge is -2.21. The van der Waals surface area contributed by atoms with Crippen molar-refractivity contribution >= 4 is 15.9 Å². The zero-order valence-corrected chi connectivity index (χ0v) is 13.1. The van der Waals surface area contributed by atoms with Crippen LogP contribution >= 0.6 is 15.9 Å². The summed E-state index contributed by atoms with van der Waals surface area (Å²) in [5.41, 5.74) is 0.746. The largest absolute Gasteiger partial charge is 0.414 e. The molecule has 0 aliphatic rings. The lowest BCUT2D eigenvalue weighted by Crippen LogP contribution is -2.31. The van der Waals surface area contributed by atoms with Gasteiger partial charge < -0.3 is 4.74 Å². The fourth-order valence-electron chi connectivity index (χ4n) is 1.88. The molecule has 0 unspecified atom stereocenters. The molecule has 5 heteroatoms. The van der Waals surface area contributed by atoms with E-state index in [0.717, 1.165) is 29.3 Å². The third kappa shape index (κ3) is 6.75. The molecule has 0 saturated carbocycles. The van der Waals surface area contributed by atoms with E-state index in [4.69, 9.17) is 4.74 Å². The van der Waals surface area contributed by atoms with Crippen LogP contribution in [-0.4, -0.2) is 12.3 Å². The van der Waals surface area contributed by atoms with Crippen LogP contribution in [0, 0.1) is 0 Å². The average Bonchev–Trinajstić information content (AvgIpc) is 2.38. The second kappa shape index (κ2) is 8.67. The molecule has 1 aromatic carbocycles. The minimum atomic E-state index is -4.29. The van der Waals surface area contributed by atoms with E-state index in [2.05, 4.69) is 15.9 Å². The Morgan fingerprint density at radius 2 is 1.75 bits per heavy atom. The lowest BCUT2D eigenvalue weighted by atomic mass is 10.1. The zero-order chi connectivity index (χ0) is 15.0. The molecule has 0 saturated heterocycles. The van der Waals surface area contributed by atoms with Gasteiger partial charge in [-0.3, -0.25) is 0 Å². The molecule has 0 amide bonds. The van der Waals surface area contributed by atoms with Gasteiger partial charge in [-0.25, -0.2) is 0 Å². The number of halogens is 4. The maximum atomic E-state index is 12.9. The molecule has 0 N–H and O–H groups in total. The van der Waals surface area contributed by atoms with E-state index in [1.54, 1.807) is 24.3 Å². The van der Waals surface area contributed by atoms with Crippen LogP contribution in [0.15, 0.2) is 28.7 Å². The Bertz CT molecular complexity index is 376. The summed E-state index contributed by atoms with van der Waals surface area (Å²) in [6.07, 6.45) is -2.55. The first-order valence-corrected chi connectivity index (χ1v) is 7.65. The Labute approximate surface area is 126 Å². The van der Waals surface area contributed by atoms with Crippen molar-refractivity contribution in [2.45, 2.75) is 57.9 Å². The van der Waals surface area contributed by atoms with E-state index in [9.17, 15) is 13.2 Å². The van der Waals surface area contributed by atoms with Crippen molar-refractivity contribution in [1.29, 1.82) is 0 Å². The monoisotopic (exact) mass is 352 g/mol. The number of unbranched alkanes of at least 4 members (excludes halogenated alkanes) is 3. The number of benzene rings is 1. The van der Waals surface area contributed by atoms with Crippen molar-refractivity contribution in [2.24, 2.45) is 0 Å². The molecule has 0 heterocycles. The molecule has 20 heavy (non-hydrogen) atoms. The summed E-state index contributed by atoms with van der Waals surface area (Å²) in [5.74, 6) is 0. The molecule has 1 nitrogen and oxygen atoms in total. The van der Waals surface area contributed by atoms with Gasteiger partial charge in [0.05, 0.1) is 6.61 Å². The van der Waals surface area contributed by atoms with Crippen LogP contribution in [-0.2, 0) is 11.3 Å². The van der Waals surface area contributed by atoms with Gasteiger partial charge in [0, 0.05) is 4.47 Å². The quantitative estimate of drug-likeness (QED) is 0.532. The van der Waals surface area contributed by atoms with Crippen molar-refractivity contribution in [1.82, 2.24) is 0 Å². The second-order valence-corrected chi connectivity index (χ2v) is 5.73. The number of rotatable bonds is 8. The van der Waals surface area contributed by atoms with Gasteiger partial charge in [-0.1, -0.05) is 60.7 Å². The van der Waals surface area contributed by atoms with E-state index in [-0.39, 0.29) is 13.0 Å². The van der Waals surface area contributed by atoms with Gasteiger partial charge in [-0.05, 0) is 24.1 Å². The van der Waals surface area contributed by atoms with E-state index >= 15 is 0 Å². The van der Waals surface area contributed by atoms with Crippen molar-refractivity contribution in [3.05, 3.63) is 34.3 Å². The summed E-state index contributed by atoms with van der Waals surface area (Å²) in [5, 5.41) is 0. The highest BCUT2D eigenvalue weighted by Crippen LogP contribution is 2.28. The third-order valence-electron chi connectivity index (χ3n) is 3.05. The highest BCUT2D eigenvalue weighted by Gasteiger charge is 2.39. The van der Waals surface area contributed by atoms with Gasteiger partial charge in [0.25, 0.3) is 0 Å². The number of ether oxygens (including phenoxy) is 1. The summed E-state index contributed by atoms with van der Waals surface area (Å²) in [4.78, 5) is 0. The highest BCUT2D eigenvalue weighted by atomic mass is 79.9. The molecule has 0 bridgehead atoms. The van der Waals surface area contributed by atoms with Crippen LogP contribution in [0.3, 0.4) is 0 Å². The van der Waals surface area contributed by atoms with Gasteiger partial charge in [0.2, 0.25) is 0 Å². The van der Waals surface area contributed by atoms with Gasteiger partial charge in [-0.15, -0.1) is 0 Å². The van der Waals surface area contributed by atoms with Crippen molar-refractivity contribution in [3.8, 4) is 0 Å². The average molecular weight is 353 g/mol. The van der Waals surface area contributed by atoms with Crippen LogP contribution in [0.25, 0.3) is 0 Å². The molecule has 0 aromatic heterocycles. The van der Waals surface area contributed by atoms with Crippen LogP contribution in [0.2, 0.25) is 0 Å². The van der Waals surface area contributed by atoms with Crippen LogP contribution < -0.4 is 0 Å². The maximum absolute atomic E-state index is 12.9. The molecule has 0 aliphatic carbocycles. The van der Waals surface area contributed by atoms with Gasteiger partial charge in [0.1, 0.15) is 0 Å². The molecule has 0 fully saturated rings. The van der Waals surface area contributed by atoms with Crippen molar-refractivity contribution in [3.63, 3.8) is 0 Å². The zero-order valence-electron chi connectivity index (χ0n) is 11.5. The fraction of sp³-hybridized carbons (Fsp3) is 0.600. The third-order valence-corrected chi connectivity index (χ3v) is 3.58. The number of hydrogen-bond donors (Lipinski definition) is 0. The molecule has 1 rings (SSSR count). The molecule has 114 valence electrons. The van der Waals surface area contributed by atoms with Crippen molar-refractivity contribution in [2.75, 3.05) is 0 Å². The first-order chi connectivity index (χ1) is 9.43. The van der Waals surface area contributed by atoms with Crippen LogP contribution in [0.1, 0.15) is 44.6 Å². The Kier molecular flexibility index (Phi) is 7.59. The normalized spacial score (nSPS) is 13.4. The van der Waals surface area contributed by atoms with Gasteiger partial charge >= 0.3 is 6.18 Å². The fourth-order valence-corrected chi connectivity index (χ4v) is 2.14. The molecule has 0 aliphatic heterocycles. The highest BCUT2D eigenvalue weighted by molar-refractivity contribution is 9.10. The molecular weight excluding hydrogens is 333 g/mol. The molecule has 1 atom stereocenters. The molecular formula is C15H20BrF3O. The summed E-state index contributed by atoms with van der Waals surface area (Å²) >= 11 is 3.29. The molecule has 0 radical (unpaired) electrons. The summed E-state index contributed by atoms with van der Waals surface area (Å²) < 4.78 is 44.6. The van der Waals surface area contributed by atoms with E-state index in [1.165, 1.54) is 0 Å². The van der Waals surface area contributed by atoms with Crippen LogP contribution in [0.4, 0.5) is 13.2 Å². The Morgan fingerprint density at radius 1 is 1.10 bits per heavy atom. The number of alkyl halides is 3. The smallest absolute Gasteiger partial charge is 0.364 e. The minimum absolute atomic E-state index is 0.00870. The predicted molar refractivity (Wildman–Crippen MR) is 77.5 cm³/mol. The SMILES string of the molecule is CCCCCC[C@H](OCc1ccc(Br)cc1)C(F)(F)F. The molecule has 1 aromatic rings. The topological polar surface area (TPSA) is 9.23 Å². The van der Waals surface area contributed by atoms with Crippen molar-refractivity contribution < 1.29 is 17.9 Å². The predicted octanol–water partition coefficient (Wildman–Crippen LogP) is 5.87. The summed E-state index contributed by atoms with van der Waals surface area (Å²) in [6.45, 7) is 2.02. The summed E-state index contributed by atoms with van der Waals surface area (Å²) in [7, 11) is 0. The van der Waals surface area contributed by atoms with E-state index < -0.39 is 12.3 Å².